The zero-order chi connectivity index (χ0) is 15.9. The lowest BCUT2D eigenvalue weighted by atomic mass is 10.3. The van der Waals surface area contributed by atoms with Gasteiger partial charge in [-0.05, 0) is 30.8 Å². The van der Waals surface area contributed by atoms with E-state index in [4.69, 9.17) is 9.16 Å². The van der Waals surface area contributed by atoms with E-state index in [-0.39, 0.29) is 0 Å². The molecule has 0 bridgehead atoms. The van der Waals surface area contributed by atoms with Crippen LogP contribution in [-0.2, 0) is 14.0 Å². The normalized spacial score (nSPS) is 13.0. The third kappa shape index (κ3) is 5.95. The van der Waals surface area contributed by atoms with Gasteiger partial charge in [-0.1, -0.05) is 38.5 Å². The molecular weight excluding hydrogens is 284 g/mol. The Morgan fingerprint density at radius 2 is 1.71 bits per heavy atom. The predicted octanol–water partition coefficient (Wildman–Crippen LogP) is 3.70. The van der Waals surface area contributed by atoms with E-state index in [1.54, 1.807) is 24.3 Å². The van der Waals surface area contributed by atoms with Crippen molar-refractivity contribution < 1.29 is 18.8 Å². The molecule has 114 valence electrons. The van der Waals surface area contributed by atoms with Crippen LogP contribution >= 0.6 is 0 Å². The Morgan fingerprint density at radius 1 is 1.14 bits per heavy atom. The first kappa shape index (κ1) is 17.2. The second kappa shape index (κ2) is 7.78. The number of benzene rings is 1. The molecule has 0 aromatic heterocycles. The van der Waals surface area contributed by atoms with Crippen LogP contribution in [0.1, 0.15) is 20.3 Å². The Hall–Kier alpha value is -1.88. The highest BCUT2D eigenvalue weighted by Gasteiger charge is 2.32. The molecule has 0 aliphatic rings. The van der Waals surface area contributed by atoms with E-state index < -0.39 is 20.3 Å². The number of para-hydroxylation sites is 1. The highest BCUT2D eigenvalue weighted by Crippen LogP contribution is 2.25. The molecule has 0 saturated carbocycles. The molecule has 0 spiro atoms. The number of hydrogen-bond acceptors (Lipinski definition) is 4. The van der Waals surface area contributed by atoms with Gasteiger partial charge in [-0.15, -0.1) is 0 Å². The van der Waals surface area contributed by atoms with Gasteiger partial charge in [-0.2, -0.15) is 0 Å². The van der Waals surface area contributed by atoms with Crippen LogP contribution in [0.4, 0.5) is 0 Å². The number of hydrogen-bond donors (Lipinski definition) is 0. The van der Waals surface area contributed by atoms with Crippen molar-refractivity contribution in [2.24, 2.45) is 0 Å². The minimum Gasteiger partial charge on any atom is -0.516 e. The van der Waals surface area contributed by atoms with Crippen LogP contribution < -0.4 is 4.74 Å². The molecule has 1 atom stereocenters. The first-order valence-corrected chi connectivity index (χ1v) is 10.0. The molecule has 0 saturated heterocycles. The van der Waals surface area contributed by atoms with Crippen LogP contribution in [0.3, 0.4) is 0 Å². The van der Waals surface area contributed by atoms with Crippen molar-refractivity contribution in [1.82, 2.24) is 0 Å². The number of rotatable bonds is 6. The fraction of sp³-hybridized carbons (Fsp3) is 0.375. The van der Waals surface area contributed by atoms with Gasteiger partial charge in [-0.25, -0.2) is 9.59 Å². The average molecular weight is 306 g/mol. The van der Waals surface area contributed by atoms with Crippen LogP contribution in [0.15, 0.2) is 42.5 Å². The molecule has 0 radical (unpaired) electrons. The van der Waals surface area contributed by atoms with Gasteiger partial charge in [0, 0.05) is 12.2 Å². The van der Waals surface area contributed by atoms with Crippen LogP contribution in [0.2, 0.25) is 18.6 Å². The average Bonchev–Trinajstić information content (AvgIpc) is 2.45. The van der Waals surface area contributed by atoms with E-state index >= 15 is 0 Å². The Balaban J connectivity index is 2.52. The van der Waals surface area contributed by atoms with E-state index in [0.717, 1.165) is 18.6 Å². The predicted molar refractivity (Wildman–Crippen MR) is 84.5 cm³/mol. The largest absolute Gasteiger partial charge is 0.516 e. The van der Waals surface area contributed by atoms with Crippen molar-refractivity contribution in [2.75, 3.05) is 0 Å². The van der Waals surface area contributed by atoms with Gasteiger partial charge in [-0.3, -0.25) is 0 Å². The molecule has 21 heavy (non-hydrogen) atoms. The van der Waals surface area contributed by atoms with Crippen molar-refractivity contribution in [3.63, 3.8) is 0 Å². The van der Waals surface area contributed by atoms with Gasteiger partial charge >= 0.3 is 11.9 Å². The van der Waals surface area contributed by atoms with E-state index in [0.29, 0.717) is 11.3 Å². The number of carbonyl (C=O) groups is 2. The Morgan fingerprint density at radius 3 is 2.29 bits per heavy atom. The van der Waals surface area contributed by atoms with Crippen molar-refractivity contribution in [2.45, 2.75) is 38.9 Å². The summed E-state index contributed by atoms with van der Waals surface area (Å²) in [6.07, 6.45) is 3.19. The lowest BCUT2D eigenvalue weighted by Gasteiger charge is -2.27. The van der Waals surface area contributed by atoms with Gasteiger partial charge in [0.1, 0.15) is 5.75 Å². The number of ether oxygens (including phenoxy) is 1. The summed E-state index contributed by atoms with van der Waals surface area (Å²) in [7, 11) is -2.07. The highest BCUT2D eigenvalue weighted by molar-refractivity contribution is 6.74. The molecule has 5 heteroatoms. The minimum absolute atomic E-state index is 0.367. The smallest absolute Gasteiger partial charge is 0.336 e. The molecule has 1 aromatic carbocycles. The van der Waals surface area contributed by atoms with Crippen LogP contribution in [-0.4, -0.2) is 20.3 Å². The maximum Gasteiger partial charge on any atom is 0.336 e. The molecule has 1 unspecified atom stereocenters. The lowest BCUT2D eigenvalue weighted by molar-refractivity contribution is -0.132. The SMILES string of the molecule is CCC(C)[Si](C)(C)OC(=O)/C=C/C(=O)Oc1ccccc1. The molecule has 0 heterocycles. The summed E-state index contributed by atoms with van der Waals surface area (Å²) in [5, 5.41) is 0. The zero-order valence-electron chi connectivity index (χ0n) is 13.0. The Bertz CT molecular complexity index is 508. The fourth-order valence-corrected chi connectivity index (χ4v) is 3.43. The van der Waals surface area contributed by atoms with Gasteiger partial charge in [0.15, 0.2) is 0 Å². The van der Waals surface area contributed by atoms with Gasteiger partial charge in [0.2, 0.25) is 0 Å². The lowest BCUT2D eigenvalue weighted by Crippen LogP contribution is -2.37. The topological polar surface area (TPSA) is 52.6 Å². The van der Waals surface area contributed by atoms with Gasteiger partial charge < -0.3 is 9.16 Å². The molecule has 1 rings (SSSR count). The first-order valence-electron chi connectivity index (χ1n) is 7.03. The van der Waals surface area contributed by atoms with Gasteiger partial charge in [0.05, 0.1) is 0 Å². The molecule has 0 aliphatic heterocycles. The minimum atomic E-state index is -2.07. The molecular formula is C16H22O4Si. The van der Waals surface area contributed by atoms with E-state index in [1.807, 2.05) is 19.2 Å². The third-order valence-electron chi connectivity index (χ3n) is 3.48. The van der Waals surface area contributed by atoms with Crippen LogP contribution in [0.25, 0.3) is 0 Å². The zero-order valence-corrected chi connectivity index (χ0v) is 14.0. The molecule has 0 aliphatic carbocycles. The summed E-state index contributed by atoms with van der Waals surface area (Å²) in [6.45, 7) is 8.14. The molecule has 4 nitrogen and oxygen atoms in total. The van der Waals surface area contributed by atoms with E-state index in [9.17, 15) is 9.59 Å². The second-order valence-electron chi connectivity index (χ2n) is 5.40. The summed E-state index contributed by atoms with van der Waals surface area (Å²) in [6, 6.07) is 8.69. The maximum atomic E-state index is 11.8. The van der Waals surface area contributed by atoms with Crippen molar-refractivity contribution in [1.29, 1.82) is 0 Å². The molecule has 0 N–H and O–H groups in total. The number of esters is 1. The third-order valence-corrected chi connectivity index (χ3v) is 6.99. The standard InChI is InChI=1S/C16H22O4Si/c1-5-13(2)21(3,4)20-16(18)12-11-15(17)19-14-9-7-6-8-10-14/h6-13H,5H2,1-4H3/b12-11+. The first-order chi connectivity index (χ1) is 9.85. The molecule has 0 amide bonds. The monoisotopic (exact) mass is 306 g/mol. The van der Waals surface area contributed by atoms with Crippen molar-refractivity contribution in [3.8, 4) is 5.75 Å². The summed E-state index contributed by atoms with van der Waals surface area (Å²) in [5.74, 6) is -0.645. The van der Waals surface area contributed by atoms with Crippen molar-refractivity contribution >= 4 is 20.3 Å². The van der Waals surface area contributed by atoms with E-state index in [2.05, 4.69) is 13.8 Å². The van der Waals surface area contributed by atoms with Gasteiger partial charge in [0.25, 0.3) is 8.32 Å². The molecule has 0 fully saturated rings. The van der Waals surface area contributed by atoms with Crippen LogP contribution in [0.5, 0.6) is 5.75 Å². The summed E-state index contributed by atoms with van der Waals surface area (Å²) in [4.78, 5) is 23.3. The second-order valence-corrected chi connectivity index (χ2v) is 9.80. The molecule has 1 aromatic rings. The van der Waals surface area contributed by atoms with Crippen molar-refractivity contribution in [3.05, 3.63) is 42.5 Å². The van der Waals surface area contributed by atoms with E-state index in [1.165, 1.54) is 0 Å². The fourth-order valence-electron chi connectivity index (χ4n) is 1.66. The Labute approximate surface area is 126 Å². The number of carbonyl (C=O) groups excluding carboxylic acids is 2. The summed E-state index contributed by atoms with van der Waals surface area (Å²) >= 11 is 0. The van der Waals surface area contributed by atoms with Crippen LogP contribution in [0, 0.1) is 0 Å². The summed E-state index contributed by atoms with van der Waals surface area (Å²) in [5.41, 5.74) is 0.367. The summed E-state index contributed by atoms with van der Waals surface area (Å²) < 4.78 is 10.5. The quantitative estimate of drug-likeness (QED) is 0.348. The highest BCUT2D eigenvalue weighted by atomic mass is 28.4. The Kier molecular flexibility index (Phi) is 6.36. The maximum absolute atomic E-state index is 11.8.